The van der Waals surface area contributed by atoms with Crippen LogP contribution in [0.4, 0.5) is 0 Å². The van der Waals surface area contributed by atoms with E-state index in [0.29, 0.717) is 18.5 Å². The molecular weight excluding hydrogens is 376 g/mol. The van der Waals surface area contributed by atoms with Crippen molar-refractivity contribution in [3.8, 4) is 10.0 Å². The third kappa shape index (κ3) is 4.69. The van der Waals surface area contributed by atoms with Crippen LogP contribution in [0.5, 0.6) is 0 Å². The van der Waals surface area contributed by atoms with E-state index in [1.807, 2.05) is 5.38 Å². The molecule has 3 aromatic rings. The van der Waals surface area contributed by atoms with Crippen molar-refractivity contribution >= 4 is 28.5 Å². The third-order valence-electron chi connectivity index (χ3n) is 4.41. The van der Waals surface area contributed by atoms with Crippen LogP contribution in [0.1, 0.15) is 52.9 Å². The minimum atomic E-state index is -0.144. The van der Waals surface area contributed by atoms with Gasteiger partial charge in [-0.15, -0.1) is 22.7 Å². The number of benzene rings is 1. The van der Waals surface area contributed by atoms with Gasteiger partial charge in [0, 0.05) is 25.1 Å². The molecule has 1 unspecified atom stereocenters. The summed E-state index contributed by atoms with van der Waals surface area (Å²) in [6.45, 7) is 6.25. The number of aromatic nitrogens is 2. The standard InChI is InChI=1S/C21H24N2O2S2/c1-13(2)18(25-4)19-17(23-21(27-19)20-22-11-12-26-20)16(24)10-9-15-7-5-14(3)6-8-15/h5-8,11-13,18H,9-10H2,1-4H3. The highest BCUT2D eigenvalue weighted by Crippen LogP contribution is 2.38. The molecule has 0 saturated carbocycles. The molecule has 2 heterocycles. The van der Waals surface area contributed by atoms with E-state index >= 15 is 0 Å². The van der Waals surface area contributed by atoms with E-state index in [0.717, 1.165) is 20.5 Å². The number of aryl methyl sites for hydroxylation is 2. The van der Waals surface area contributed by atoms with Crippen molar-refractivity contribution in [2.45, 2.75) is 39.7 Å². The number of ether oxygens (including phenoxy) is 1. The molecule has 0 fully saturated rings. The summed E-state index contributed by atoms with van der Waals surface area (Å²) in [6, 6.07) is 8.32. The van der Waals surface area contributed by atoms with E-state index in [1.165, 1.54) is 28.2 Å². The summed E-state index contributed by atoms with van der Waals surface area (Å²) in [4.78, 5) is 22.9. The first-order valence-electron chi connectivity index (χ1n) is 9.01. The molecule has 4 nitrogen and oxygen atoms in total. The van der Waals surface area contributed by atoms with Gasteiger partial charge >= 0.3 is 0 Å². The van der Waals surface area contributed by atoms with E-state index in [9.17, 15) is 4.79 Å². The molecule has 2 aromatic heterocycles. The molecule has 142 valence electrons. The van der Waals surface area contributed by atoms with Crippen LogP contribution in [0.2, 0.25) is 0 Å². The van der Waals surface area contributed by atoms with Crippen molar-refractivity contribution in [1.82, 2.24) is 9.97 Å². The zero-order valence-corrected chi connectivity index (χ0v) is 17.7. The second kappa shape index (κ2) is 8.87. The second-order valence-corrected chi connectivity index (χ2v) is 8.80. The Hall–Kier alpha value is -1.89. The van der Waals surface area contributed by atoms with Gasteiger partial charge in [0.05, 0.1) is 11.0 Å². The van der Waals surface area contributed by atoms with Crippen LogP contribution in [0.25, 0.3) is 10.0 Å². The van der Waals surface area contributed by atoms with Crippen molar-refractivity contribution in [2.75, 3.05) is 7.11 Å². The quantitative estimate of drug-likeness (QED) is 0.453. The molecule has 0 aliphatic carbocycles. The van der Waals surface area contributed by atoms with Crippen LogP contribution in [0.15, 0.2) is 35.8 Å². The predicted octanol–water partition coefficient (Wildman–Crippen LogP) is 5.73. The molecule has 0 spiro atoms. The van der Waals surface area contributed by atoms with Gasteiger partial charge in [0.15, 0.2) is 15.8 Å². The predicted molar refractivity (Wildman–Crippen MR) is 112 cm³/mol. The highest BCUT2D eigenvalue weighted by atomic mass is 32.1. The molecule has 0 aliphatic rings. The Kier molecular flexibility index (Phi) is 6.52. The Bertz CT molecular complexity index is 884. The molecule has 27 heavy (non-hydrogen) atoms. The van der Waals surface area contributed by atoms with Crippen LogP contribution in [-0.4, -0.2) is 22.9 Å². The molecular formula is C21H24N2O2S2. The molecule has 1 atom stereocenters. The number of ketones is 1. The first-order chi connectivity index (χ1) is 13.0. The van der Waals surface area contributed by atoms with E-state index < -0.39 is 0 Å². The highest BCUT2D eigenvalue weighted by molar-refractivity contribution is 7.20. The number of hydrogen-bond acceptors (Lipinski definition) is 6. The largest absolute Gasteiger partial charge is 0.376 e. The highest BCUT2D eigenvalue weighted by Gasteiger charge is 2.27. The molecule has 0 radical (unpaired) electrons. The molecule has 0 amide bonds. The van der Waals surface area contributed by atoms with E-state index in [2.05, 4.69) is 55.0 Å². The number of hydrogen-bond donors (Lipinski definition) is 0. The van der Waals surface area contributed by atoms with Crippen LogP contribution >= 0.6 is 22.7 Å². The maximum Gasteiger partial charge on any atom is 0.182 e. The lowest BCUT2D eigenvalue weighted by Gasteiger charge is -2.18. The van der Waals surface area contributed by atoms with Crippen molar-refractivity contribution in [1.29, 1.82) is 0 Å². The van der Waals surface area contributed by atoms with Gasteiger partial charge in [-0.25, -0.2) is 9.97 Å². The summed E-state index contributed by atoms with van der Waals surface area (Å²) < 4.78 is 5.70. The van der Waals surface area contributed by atoms with Crippen molar-refractivity contribution in [3.05, 3.63) is 57.5 Å². The third-order valence-corrected chi connectivity index (χ3v) is 6.44. The van der Waals surface area contributed by atoms with Gasteiger partial charge in [-0.3, -0.25) is 4.79 Å². The molecule has 0 saturated heterocycles. The topological polar surface area (TPSA) is 52.1 Å². The first-order valence-corrected chi connectivity index (χ1v) is 10.7. The van der Waals surface area contributed by atoms with Gasteiger partial charge in [0.25, 0.3) is 0 Å². The Morgan fingerprint density at radius 2 is 1.93 bits per heavy atom. The van der Waals surface area contributed by atoms with Crippen molar-refractivity contribution < 1.29 is 9.53 Å². The van der Waals surface area contributed by atoms with Crippen LogP contribution in [-0.2, 0) is 11.2 Å². The van der Waals surface area contributed by atoms with Crippen molar-refractivity contribution in [2.24, 2.45) is 5.92 Å². The van der Waals surface area contributed by atoms with Gasteiger partial charge in [-0.05, 0) is 24.8 Å². The molecule has 1 aromatic carbocycles. The summed E-state index contributed by atoms with van der Waals surface area (Å²) in [5.41, 5.74) is 2.93. The molecule has 0 bridgehead atoms. The number of nitrogens with zero attached hydrogens (tertiary/aromatic N) is 2. The smallest absolute Gasteiger partial charge is 0.182 e. The van der Waals surface area contributed by atoms with Gasteiger partial charge in [0.1, 0.15) is 5.69 Å². The fourth-order valence-electron chi connectivity index (χ4n) is 2.96. The van der Waals surface area contributed by atoms with E-state index in [4.69, 9.17) is 4.74 Å². The van der Waals surface area contributed by atoms with Crippen LogP contribution in [0.3, 0.4) is 0 Å². The van der Waals surface area contributed by atoms with Gasteiger partial charge in [-0.1, -0.05) is 43.7 Å². The lowest BCUT2D eigenvalue weighted by atomic mass is 10.0. The van der Waals surface area contributed by atoms with Gasteiger partial charge in [0.2, 0.25) is 0 Å². The van der Waals surface area contributed by atoms with Gasteiger partial charge < -0.3 is 4.74 Å². The maximum atomic E-state index is 13.0. The van der Waals surface area contributed by atoms with Gasteiger partial charge in [-0.2, -0.15) is 0 Å². The summed E-state index contributed by atoms with van der Waals surface area (Å²) in [6.07, 6.45) is 2.76. The zero-order chi connectivity index (χ0) is 19.4. The molecule has 6 heteroatoms. The lowest BCUT2D eigenvalue weighted by Crippen LogP contribution is -2.13. The van der Waals surface area contributed by atoms with E-state index in [1.54, 1.807) is 13.3 Å². The summed E-state index contributed by atoms with van der Waals surface area (Å²) in [7, 11) is 1.69. The molecule has 0 aliphatic heterocycles. The Morgan fingerprint density at radius 1 is 1.19 bits per heavy atom. The van der Waals surface area contributed by atoms with E-state index in [-0.39, 0.29) is 17.8 Å². The normalized spacial score (nSPS) is 12.5. The number of methoxy groups -OCH3 is 1. The second-order valence-electron chi connectivity index (χ2n) is 6.88. The summed E-state index contributed by atoms with van der Waals surface area (Å²) >= 11 is 3.05. The zero-order valence-electron chi connectivity index (χ0n) is 16.1. The Labute approximate surface area is 168 Å². The monoisotopic (exact) mass is 400 g/mol. The summed E-state index contributed by atoms with van der Waals surface area (Å²) in [5.74, 6) is 0.315. The molecule has 3 rings (SSSR count). The maximum absolute atomic E-state index is 13.0. The van der Waals surface area contributed by atoms with Crippen LogP contribution < -0.4 is 0 Å². The Balaban J connectivity index is 1.87. The van der Waals surface area contributed by atoms with Crippen molar-refractivity contribution in [3.63, 3.8) is 0 Å². The lowest BCUT2D eigenvalue weighted by molar-refractivity contribution is 0.0658. The minimum Gasteiger partial charge on any atom is -0.376 e. The fourth-order valence-corrected chi connectivity index (χ4v) is 4.97. The fraction of sp³-hybridized carbons (Fsp3) is 0.381. The number of carbonyl (C=O) groups is 1. The number of Topliss-reactive ketones (excluding diaryl/α,β-unsaturated/α-hetero) is 1. The number of rotatable bonds is 8. The number of thiazole rings is 2. The average Bonchev–Trinajstić information content (AvgIpc) is 3.31. The molecule has 0 N–H and O–H groups in total. The first kappa shape index (κ1) is 19.9. The average molecular weight is 401 g/mol. The number of carbonyl (C=O) groups excluding carboxylic acids is 1. The SMILES string of the molecule is COC(c1sc(-c2nccs2)nc1C(=O)CCc1ccc(C)cc1)C(C)C. The van der Waals surface area contributed by atoms with Crippen LogP contribution in [0, 0.1) is 12.8 Å². The Morgan fingerprint density at radius 3 is 2.52 bits per heavy atom. The summed E-state index contributed by atoms with van der Waals surface area (Å²) in [5, 5.41) is 3.56. The minimum absolute atomic E-state index is 0.0623.